The molecule has 2 fully saturated rings. The summed E-state index contributed by atoms with van der Waals surface area (Å²) >= 11 is 0. The number of amides is 1. The zero-order chi connectivity index (χ0) is 16.9. The summed E-state index contributed by atoms with van der Waals surface area (Å²) in [6.45, 7) is 3.58. The van der Waals surface area contributed by atoms with Gasteiger partial charge in [-0.15, -0.1) is 0 Å². The number of hydrogen-bond donors (Lipinski definition) is 0. The van der Waals surface area contributed by atoms with E-state index in [2.05, 4.69) is 23.0 Å². The van der Waals surface area contributed by atoms with Crippen molar-refractivity contribution in [3.63, 3.8) is 0 Å². The van der Waals surface area contributed by atoms with Crippen molar-refractivity contribution in [3.8, 4) is 0 Å². The molecule has 2 saturated heterocycles. The van der Waals surface area contributed by atoms with Gasteiger partial charge in [-0.1, -0.05) is 6.07 Å². The summed E-state index contributed by atoms with van der Waals surface area (Å²) < 4.78 is 5.40. The Bertz CT molecular complexity index is 531. The van der Waals surface area contributed by atoms with Crippen LogP contribution in [0.5, 0.6) is 0 Å². The highest BCUT2D eigenvalue weighted by Crippen LogP contribution is 2.36. The van der Waals surface area contributed by atoms with E-state index in [1.807, 2.05) is 30.4 Å². The van der Waals surface area contributed by atoms with Gasteiger partial charge in [0.15, 0.2) is 0 Å². The van der Waals surface area contributed by atoms with Gasteiger partial charge in [-0.05, 0) is 56.3 Å². The molecule has 2 aliphatic rings. The maximum Gasteiger partial charge on any atom is 0.222 e. The third kappa shape index (κ3) is 4.14. The molecule has 1 unspecified atom stereocenters. The van der Waals surface area contributed by atoms with Gasteiger partial charge in [0, 0.05) is 51.7 Å². The van der Waals surface area contributed by atoms with Crippen molar-refractivity contribution in [2.45, 2.75) is 31.7 Å². The summed E-state index contributed by atoms with van der Waals surface area (Å²) in [6.07, 6.45) is 7.61. The lowest BCUT2D eigenvalue weighted by Gasteiger charge is -2.29. The van der Waals surface area contributed by atoms with Gasteiger partial charge >= 0.3 is 0 Å². The van der Waals surface area contributed by atoms with E-state index in [9.17, 15) is 4.79 Å². The SMILES string of the molecule is CN(C[C@@H]1CCN(C)[C@H]1c1cccnc1)C(=O)CCC1CCOC1. The number of nitrogens with zero attached hydrogens (tertiary/aromatic N) is 3. The van der Waals surface area contributed by atoms with Crippen LogP contribution >= 0.6 is 0 Å². The van der Waals surface area contributed by atoms with E-state index in [-0.39, 0.29) is 5.91 Å². The number of likely N-dealkylation sites (tertiary alicyclic amines) is 1. The first-order valence-electron chi connectivity index (χ1n) is 9.07. The first-order chi connectivity index (χ1) is 11.6. The minimum Gasteiger partial charge on any atom is -0.381 e. The molecule has 0 radical (unpaired) electrons. The second kappa shape index (κ2) is 8.08. The van der Waals surface area contributed by atoms with Gasteiger partial charge in [0.1, 0.15) is 0 Å². The molecule has 0 bridgehead atoms. The topological polar surface area (TPSA) is 45.7 Å². The van der Waals surface area contributed by atoms with E-state index in [1.165, 1.54) is 5.56 Å². The normalized spacial score (nSPS) is 27.5. The van der Waals surface area contributed by atoms with E-state index in [0.29, 0.717) is 24.3 Å². The highest BCUT2D eigenvalue weighted by atomic mass is 16.5. The molecule has 0 aromatic carbocycles. The Hall–Kier alpha value is -1.46. The van der Waals surface area contributed by atoms with Crippen molar-refractivity contribution < 1.29 is 9.53 Å². The molecule has 0 N–H and O–H groups in total. The molecule has 2 aliphatic heterocycles. The number of ether oxygens (including phenoxy) is 1. The fourth-order valence-electron chi connectivity index (χ4n) is 4.08. The first-order valence-corrected chi connectivity index (χ1v) is 9.07. The van der Waals surface area contributed by atoms with E-state index >= 15 is 0 Å². The van der Waals surface area contributed by atoms with Crippen molar-refractivity contribution >= 4 is 5.91 Å². The summed E-state index contributed by atoms with van der Waals surface area (Å²) in [7, 11) is 4.12. The van der Waals surface area contributed by atoms with Crippen LogP contribution in [0.25, 0.3) is 0 Å². The number of aromatic nitrogens is 1. The minimum absolute atomic E-state index is 0.265. The lowest BCUT2D eigenvalue weighted by atomic mass is 9.94. The van der Waals surface area contributed by atoms with Crippen LogP contribution in [0.4, 0.5) is 0 Å². The van der Waals surface area contributed by atoms with Gasteiger partial charge < -0.3 is 9.64 Å². The molecule has 3 heterocycles. The van der Waals surface area contributed by atoms with E-state index < -0.39 is 0 Å². The van der Waals surface area contributed by atoms with Crippen molar-refractivity contribution in [2.24, 2.45) is 11.8 Å². The minimum atomic E-state index is 0.265. The van der Waals surface area contributed by atoms with Crippen LogP contribution in [0, 0.1) is 11.8 Å². The van der Waals surface area contributed by atoms with Crippen LogP contribution < -0.4 is 0 Å². The fourth-order valence-corrected chi connectivity index (χ4v) is 4.08. The van der Waals surface area contributed by atoms with Gasteiger partial charge in [0.25, 0.3) is 0 Å². The molecular formula is C19H29N3O2. The number of hydrogen-bond acceptors (Lipinski definition) is 4. The Kier molecular flexibility index (Phi) is 5.85. The summed E-state index contributed by atoms with van der Waals surface area (Å²) in [4.78, 5) is 21.1. The maximum absolute atomic E-state index is 12.5. The first kappa shape index (κ1) is 17.4. The van der Waals surface area contributed by atoms with Gasteiger partial charge in [-0.3, -0.25) is 14.7 Å². The molecule has 132 valence electrons. The molecule has 0 saturated carbocycles. The quantitative estimate of drug-likeness (QED) is 0.803. The molecule has 0 spiro atoms. The second-order valence-corrected chi connectivity index (χ2v) is 7.30. The smallest absolute Gasteiger partial charge is 0.222 e. The van der Waals surface area contributed by atoms with Crippen LogP contribution in [0.1, 0.15) is 37.3 Å². The van der Waals surface area contributed by atoms with E-state index in [0.717, 1.165) is 45.6 Å². The molecular weight excluding hydrogens is 302 g/mol. The van der Waals surface area contributed by atoms with Crippen LogP contribution in [0.15, 0.2) is 24.5 Å². The van der Waals surface area contributed by atoms with Crippen molar-refractivity contribution in [1.82, 2.24) is 14.8 Å². The van der Waals surface area contributed by atoms with Crippen LogP contribution in [-0.2, 0) is 9.53 Å². The van der Waals surface area contributed by atoms with Crippen molar-refractivity contribution in [1.29, 1.82) is 0 Å². The lowest BCUT2D eigenvalue weighted by molar-refractivity contribution is -0.130. The van der Waals surface area contributed by atoms with Crippen LogP contribution in [0.3, 0.4) is 0 Å². The number of pyridine rings is 1. The highest BCUT2D eigenvalue weighted by Gasteiger charge is 2.34. The maximum atomic E-state index is 12.5. The molecule has 3 atom stereocenters. The Morgan fingerprint density at radius 1 is 1.46 bits per heavy atom. The lowest BCUT2D eigenvalue weighted by Crippen LogP contribution is -2.34. The Balaban J connectivity index is 1.54. The van der Waals surface area contributed by atoms with Crippen molar-refractivity contribution in [2.75, 3.05) is 40.4 Å². The molecule has 1 amide bonds. The number of carbonyl (C=O) groups excluding carboxylic acids is 1. The molecule has 3 rings (SSSR count). The summed E-state index contributed by atoms with van der Waals surface area (Å²) in [5, 5.41) is 0. The van der Waals surface area contributed by atoms with Gasteiger partial charge in [-0.25, -0.2) is 0 Å². The third-order valence-corrected chi connectivity index (χ3v) is 5.52. The largest absolute Gasteiger partial charge is 0.381 e. The molecule has 5 heteroatoms. The fraction of sp³-hybridized carbons (Fsp3) is 0.684. The monoisotopic (exact) mass is 331 g/mol. The second-order valence-electron chi connectivity index (χ2n) is 7.30. The average Bonchev–Trinajstić information content (AvgIpc) is 3.23. The van der Waals surface area contributed by atoms with Gasteiger partial charge in [0.05, 0.1) is 0 Å². The Morgan fingerprint density at radius 3 is 3.04 bits per heavy atom. The zero-order valence-electron chi connectivity index (χ0n) is 14.9. The van der Waals surface area contributed by atoms with Crippen LogP contribution in [-0.4, -0.2) is 61.1 Å². The number of rotatable bonds is 6. The molecule has 1 aromatic heterocycles. The summed E-state index contributed by atoms with van der Waals surface area (Å²) in [5.74, 6) is 1.31. The molecule has 24 heavy (non-hydrogen) atoms. The molecule has 1 aromatic rings. The standard InChI is InChI=1S/C19H29N3O2/c1-21-10-7-17(19(21)16-4-3-9-20-12-16)13-22(2)18(23)6-5-15-8-11-24-14-15/h3-4,9,12,15,17,19H,5-8,10-11,13-14H2,1-2H3/t15?,17-,19-/m0/s1. The number of carbonyl (C=O) groups is 1. The Morgan fingerprint density at radius 2 is 2.33 bits per heavy atom. The average molecular weight is 331 g/mol. The van der Waals surface area contributed by atoms with Crippen LogP contribution in [0.2, 0.25) is 0 Å². The van der Waals surface area contributed by atoms with Crippen molar-refractivity contribution in [3.05, 3.63) is 30.1 Å². The predicted octanol–water partition coefficient (Wildman–Crippen LogP) is 2.35. The predicted molar refractivity (Wildman–Crippen MR) is 93.5 cm³/mol. The summed E-state index contributed by atoms with van der Waals surface area (Å²) in [6, 6.07) is 4.50. The highest BCUT2D eigenvalue weighted by molar-refractivity contribution is 5.75. The zero-order valence-corrected chi connectivity index (χ0v) is 14.9. The molecule has 5 nitrogen and oxygen atoms in total. The van der Waals surface area contributed by atoms with Gasteiger partial charge in [-0.2, -0.15) is 0 Å². The molecule has 0 aliphatic carbocycles. The van der Waals surface area contributed by atoms with E-state index in [1.54, 1.807) is 0 Å². The van der Waals surface area contributed by atoms with Gasteiger partial charge in [0.2, 0.25) is 5.91 Å². The Labute approximate surface area is 145 Å². The summed E-state index contributed by atoms with van der Waals surface area (Å²) in [5.41, 5.74) is 1.26. The third-order valence-electron chi connectivity index (χ3n) is 5.52. The van der Waals surface area contributed by atoms with E-state index in [4.69, 9.17) is 4.74 Å².